The van der Waals surface area contributed by atoms with Crippen molar-refractivity contribution in [3.63, 3.8) is 0 Å². The molecule has 4 rings (SSSR count). The number of amides is 1. The predicted octanol–water partition coefficient (Wildman–Crippen LogP) is 5.07. The quantitative estimate of drug-likeness (QED) is 0.373. The third-order valence-corrected chi connectivity index (χ3v) is 4.66. The number of methoxy groups -OCH3 is 1. The number of hydrogen-bond acceptors (Lipinski definition) is 5. The molecule has 0 aliphatic heterocycles. The fraction of sp³-hybridized carbons (Fsp3) is 0.0435. The van der Waals surface area contributed by atoms with E-state index in [0.717, 1.165) is 5.56 Å². The highest BCUT2D eigenvalue weighted by molar-refractivity contribution is 6.13. The predicted molar refractivity (Wildman–Crippen MR) is 115 cm³/mol. The van der Waals surface area contributed by atoms with Gasteiger partial charge in [0, 0.05) is 28.8 Å². The van der Waals surface area contributed by atoms with Crippen molar-refractivity contribution in [3.05, 3.63) is 94.5 Å². The van der Waals surface area contributed by atoms with E-state index in [9.17, 15) is 14.9 Å². The number of aromatic nitrogens is 1. The summed E-state index contributed by atoms with van der Waals surface area (Å²) in [5.41, 5.74) is 3.03. The van der Waals surface area contributed by atoms with E-state index >= 15 is 0 Å². The van der Waals surface area contributed by atoms with Crippen LogP contribution in [-0.2, 0) is 0 Å². The molecule has 0 radical (unpaired) electrons. The van der Waals surface area contributed by atoms with Crippen LogP contribution in [-0.4, -0.2) is 22.9 Å². The number of fused-ring (bicyclic) bond motifs is 1. The van der Waals surface area contributed by atoms with Crippen molar-refractivity contribution in [1.29, 1.82) is 0 Å². The first kappa shape index (κ1) is 19.1. The van der Waals surface area contributed by atoms with E-state index in [1.165, 1.54) is 24.3 Å². The maximum Gasteiger partial charge on any atom is 0.269 e. The van der Waals surface area contributed by atoms with Gasteiger partial charge in [-0.1, -0.05) is 30.3 Å². The SMILES string of the molecule is COc1cccc(-c2cc(C(=O)Nc3ccc([N+](=O)[O-])cc3)c3ccccc3n2)c1. The first-order chi connectivity index (χ1) is 14.5. The van der Waals surface area contributed by atoms with Crippen molar-refractivity contribution in [1.82, 2.24) is 4.98 Å². The molecular weight excluding hydrogens is 382 g/mol. The van der Waals surface area contributed by atoms with Gasteiger partial charge in [0.2, 0.25) is 0 Å². The number of carbonyl (C=O) groups is 1. The van der Waals surface area contributed by atoms with E-state index in [1.807, 2.05) is 48.5 Å². The van der Waals surface area contributed by atoms with Gasteiger partial charge < -0.3 is 10.1 Å². The van der Waals surface area contributed by atoms with Crippen molar-refractivity contribution >= 4 is 28.2 Å². The van der Waals surface area contributed by atoms with E-state index in [-0.39, 0.29) is 11.6 Å². The number of nitrogens with one attached hydrogen (secondary N) is 1. The van der Waals surface area contributed by atoms with Gasteiger partial charge >= 0.3 is 0 Å². The van der Waals surface area contributed by atoms with Crippen LogP contribution in [0.4, 0.5) is 11.4 Å². The number of nitro groups is 1. The molecule has 1 amide bonds. The molecule has 0 saturated heterocycles. The maximum absolute atomic E-state index is 13.1. The van der Waals surface area contributed by atoms with Crippen LogP contribution in [0.1, 0.15) is 10.4 Å². The van der Waals surface area contributed by atoms with E-state index in [1.54, 1.807) is 13.2 Å². The molecule has 7 heteroatoms. The summed E-state index contributed by atoms with van der Waals surface area (Å²) in [6.07, 6.45) is 0. The Bertz CT molecular complexity index is 1250. The Morgan fingerprint density at radius 2 is 1.77 bits per heavy atom. The average Bonchev–Trinajstić information content (AvgIpc) is 2.78. The van der Waals surface area contributed by atoms with Crippen LogP contribution in [0.5, 0.6) is 5.75 Å². The Morgan fingerprint density at radius 1 is 1.00 bits per heavy atom. The number of hydrogen-bond donors (Lipinski definition) is 1. The number of rotatable bonds is 5. The number of pyridine rings is 1. The standard InChI is InChI=1S/C23H17N3O4/c1-30-18-6-4-5-15(13-18)22-14-20(19-7-2-3-8-21(19)25-22)23(27)24-16-9-11-17(12-10-16)26(28)29/h2-14H,1H3,(H,24,27). The van der Waals surface area contributed by atoms with Crippen molar-refractivity contribution in [3.8, 4) is 17.0 Å². The van der Waals surface area contributed by atoms with Crippen molar-refractivity contribution in [2.75, 3.05) is 12.4 Å². The van der Waals surface area contributed by atoms with E-state index < -0.39 is 4.92 Å². The van der Waals surface area contributed by atoms with Crippen molar-refractivity contribution < 1.29 is 14.5 Å². The molecule has 0 atom stereocenters. The molecule has 0 fully saturated rings. The molecule has 1 aromatic heterocycles. The summed E-state index contributed by atoms with van der Waals surface area (Å²) < 4.78 is 5.29. The zero-order chi connectivity index (χ0) is 21.1. The molecule has 0 aliphatic rings. The van der Waals surface area contributed by atoms with Gasteiger partial charge in [-0.25, -0.2) is 4.98 Å². The van der Waals surface area contributed by atoms with E-state index in [0.29, 0.717) is 33.6 Å². The fourth-order valence-electron chi connectivity index (χ4n) is 3.16. The zero-order valence-electron chi connectivity index (χ0n) is 16.0. The second-order valence-corrected chi connectivity index (χ2v) is 6.56. The van der Waals surface area contributed by atoms with Gasteiger partial charge in [0.1, 0.15) is 5.75 Å². The molecule has 1 N–H and O–H groups in total. The third-order valence-electron chi connectivity index (χ3n) is 4.66. The normalized spacial score (nSPS) is 10.6. The van der Waals surface area contributed by atoms with Gasteiger partial charge in [-0.15, -0.1) is 0 Å². The summed E-state index contributed by atoms with van der Waals surface area (Å²) in [5, 5.41) is 14.3. The summed E-state index contributed by atoms with van der Waals surface area (Å²) in [5.74, 6) is 0.367. The fourth-order valence-corrected chi connectivity index (χ4v) is 3.16. The Labute approximate surface area is 172 Å². The Balaban J connectivity index is 1.75. The van der Waals surface area contributed by atoms with Crippen molar-refractivity contribution in [2.45, 2.75) is 0 Å². The number of non-ortho nitro benzene ring substituents is 1. The molecule has 3 aromatic carbocycles. The lowest BCUT2D eigenvalue weighted by molar-refractivity contribution is -0.384. The Hall–Kier alpha value is -4.26. The summed E-state index contributed by atoms with van der Waals surface area (Å²) in [7, 11) is 1.59. The minimum absolute atomic E-state index is 0.0392. The van der Waals surface area contributed by atoms with Crippen LogP contribution in [0.3, 0.4) is 0 Å². The number of benzene rings is 3. The minimum atomic E-state index is -0.484. The second kappa shape index (κ2) is 8.00. The molecule has 148 valence electrons. The summed E-state index contributed by atoms with van der Waals surface area (Å²) in [6.45, 7) is 0. The molecule has 4 aromatic rings. The highest BCUT2D eigenvalue weighted by Gasteiger charge is 2.15. The monoisotopic (exact) mass is 399 g/mol. The van der Waals surface area contributed by atoms with Crippen LogP contribution in [0.25, 0.3) is 22.2 Å². The van der Waals surface area contributed by atoms with Gasteiger partial charge in [0.25, 0.3) is 11.6 Å². The number of carbonyl (C=O) groups excluding carboxylic acids is 1. The van der Waals surface area contributed by atoms with Gasteiger partial charge in [0.15, 0.2) is 0 Å². The molecule has 0 saturated carbocycles. The Morgan fingerprint density at radius 3 is 2.50 bits per heavy atom. The van der Waals surface area contributed by atoms with Gasteiger partial charge in [-0.3, -0.25) is 14.9 Å². The number of nitrogens with zero attached hydrogens (tertiary/aromatic N) is 2. The van der Waals surface area contributed by atoms with Crippen LogP contribution in [0.2, 0.25) is 0 Å². The van der Waals surface area contributed by atoms with Crippen LogP contribution in [0.15, 0.2) is 78.9 Å². The summed E-state index contributed by atoms with van der Waals surface area (Å²) in [6, 6.07) is 22.3. The lowest BCUT2D eigenvalue weighted by Crippen LogP contribution is -2.13. The number of para-hydroxylation sites is 1. The number of ether oxygens (including phenoxy) is 1. The molecule has 0 bridgehead atoms. The maximum atomic E-state index is 13.1. The van der Waals surface area contributed by atoms with Gasteiger partial charge in [-0.2, -0.15) is 0 Å². The third kappa shape index (κ3) is 3.81. The van der Waals surface area contributed by atoms with E-state index in [4.69, 9.17) is 9.72 Å². The molecule has 30 heavy (non-hydrogen) atoms. The molecule has 0 unspecified atom stereocenters. The second-order valence-electron chi connectivity index (χ2n) is 6.56. The molecule has 0 aliphatic carbocycles. The number of nitro benzene ring substituents is 1. The highest BCUT2D eigenvalue weighted by Crippen LogP contribution is 2.28. The summed E-state index contributed by atoms with van der Waals surface area (Å²) >= 11 is 0. The van der Waals surface area contributed by atoms with Crippen molar-refractivity contribution in [2.24, 2.45) is 0 Å². The zero-order valence-corrected chi connectivity index (χ0v) is 16.0. The lowest BCUT2D eigenvalue weighted by Gasteiger charge is -2.11. The molecule has 1 heterocycles. The van der Waals surface area contributed by atoms with Crippen LogP contribution in [0, 0.1) is 10.1 Å². The lowest BCUT2D eigenvalue weighted by atomic mass is 10.0. The smallest absolute Gasteiger partial charge is 0.269 e. The topological polar surface area (TPSA) is 94.4 Å². The first-order valence-corrected chi connectivity index (χ1v) is 9.15. The van der Waals surface area contributed by atoms with Gasteiger partial charge in [-0.05, 0) is 36.4 Å². The van der Waals surface area contributed by atoms with Gasteiger partial charge in [0.05, 0.1) is 28.8 Å². The van der Waals surface area contributed by atoms with Crippen LogP contribution < -0.4 is 10.1 Å². The number of anilines is 1. The minimum Gasteiger partial charge on any atom is -0.497 e. The highest BCUT2D eigenvalue weighted by atomic mass is 16.6. The van der Waals surface area contributed by atoms with E-state index in [2.05, 4.69) is 5.32 Å². The van der Waals surface area contributed by atoms with Crippen LogP contribution >= 0.6 is 0 Å². The molecule has 7 nitrogen and oxygen atoms in total. The largest absolute Gasteiger partial charge is 0.497 e. The summed E-state index contributed by atoms with van der Waals surface area (Å²) in [4.78, 5) is 28.1. The molecular formula is C23H17N3O4. The first-order valence-electron chi connectivity index (χ1n) is 9.15. The average molecular weight is 399 g/mol. The molecule has 0 spiro atoms. The Kier molecular flexibility index (Phi) is 5.09.